The topological polar surface area (TPSA) is 171 Å². The first kappa shape index (κ1) is 47.4. The van der Waals surface area contributed by atoms with Crippen molar-refractivity contribution in [2.75, 3.05) is 44.9 Å². The van der Waals surface area contributed by atoms with Gasteiger partial charge in [-0.05, 0) is 82.3 Å². The molecule has 0 unspecified atom stereocenters. The smallest absolute Gasteiger partial charge is 0.427 e. The molecular formula is C45H58F4N4O10S. The molecule has 4 heterocycles. The van der Waals surface area contributed by atoms with E-state index in [2.05, 4.69) is 9.71 Å². The number of Topliss-reactive ketones (excluding diaryl/α,β-unsaturated/α-hetero) is 1. The molecule has 19 heteroatoms. The number of nitrogens with one attached hydrogen (secondary N) is 1. The maximum Gasteiger partial charge on any atom is 0.427 e. The van der Waals surface area contributed by atoms with E-state index in [1.54, 1.807) is 12.3 Å². The van der Waals surface area contributed by atoms with Crippen LogP contribution in [0.5, 0.6) is 11.6 Å². The number of morpholine rings is 1. The van der Waals surface area contributed by atoms with Gasteiger partial charge in [0.2, 0.25) is 33.3 Å². The monoisotopic (exact) mass is 922 g/mol. The molecule has 1 aromatic carbocycles. The molecule has 3 aliphatic heterocycles. The van der Waals surface area contributed by atoms with Gasteiger partial charge < -0.3 is 28.7 Å². The summed E-state index contributed by atoms with van der Waals surface area (Å²) in [5.41, 5.74) is -3.59. The highest BCUT2D eigenvalue weighted by Gasteiger charge is 2.62. The van der Waals surface area contributed by atoms with Gasteiger partial charge in [-0.25, -0.2) is 17.8 Å². The summed E-state index contributed by atoms with van der Waals surface area (Å²) >= 11 is 0. The van der Waals surface area contributed by atoms with Crippen LogP contribution in [-0.2, 0) is 38.7 Å². The second-order valence-corrected chi connectivity index (χ2v) is 20.6. The quantitative estimate of drug-likeness (QED) is 0.149. The zero-order chi connectivity index (χ0) is 46.4. The lowest BCUT2D eigenvalue weighted by molar-refractivity contribution is -0.257. The molecule has 0 bridgehead atoms. The fraction of sp³-hybridized carbons (Fsp3) is 0.667. The lowest BCUT2D eigenvalue weighted by Gasteiger charge is -2.34. The Kier molecular flexibility index (Phi) is 13.6. The van der Waals surface area contributed by atoms with Crippen LogP contribution in [0.1, 0.15) is 91.9 Å². The van der Waals surface area contributed by atoms with E-state index in [1.807, 2.05) is 30.9 Å². The lowest BCUT2D eigenvalue weighted by atomic mass is 9.79. The molecule has 64 heavy (non-hydrogen) atoms. The molecule has 7 rings (SSSR count). The summed E-state index contributed by atoms with van der Waals surface area (Å²) in [6, 6.07) is 1.52. The Labute approximate surface area is 370 Å². The number of rotatable bonds is 11. The predicted molar refractivity (Wildman–Crippen MR) is 226 cm³/mol. The number of hydrogen-bond donors (Lipinski definition) is 1. The Bertz CT molecular complexity index is 2260. The van der Waals surface area contributed by atoms with Crippen LogP contribution < -0.4 is 19.1 Å². The molecule has 2 aliphatic carbocycles. The normalized spacial score (nSPS) is 29.0. The van der Waals surface area contributed by atoms with Gasteiger partial charge in [0.05, 0.1) is 67.8 Å². The van der Waals surface area contributed by atoms with Gasteiger partial charge in [0, 0.05) is 36.7 Å². The van der Waals surface area contributed by atoms with Crippen LogP contribution >= 0.6 is 0 Å². The molecule has 2 saturated heterocycles. The van der Waals surface area contributed by atoms with E-state index in [-0.39, 0.29) is 42.3 Å². The van der Waals surface area contributed by atoms with E-state index in [0.717, 1.165) is 13.8 Å². The van der Waals surface area contributed by atoms with Crippen molar-refractivity contribution in [3.63, 3.8) is 0 Å². The minimum atomic E-state index is -4.90. The molecule has 14 nitrogen and oxygen atoms in total. The molecule has 7 atom stereocenters. The molecule has 4 fully saturated rings. The number of anilines is 1. The predicted octanol–water partition coefficient (Wildman–Crippen LogP) is 6.43. The number of halogens is 4. The number of amides is 2. The summed E-state index contributed by atoms with van der Waals surface area (Å²) < 4.78 is 108. The summed E-state index contributed by atoms with van der Waals surface area (Å²) in [6.45, 7) is 7.05. The fourth-order valence-corrected chi connectivity index (χ4v) is 10.9. The van der Waals surface area contributed by atoms with Crippen molar-refractivity contribution in [3.05, 3.63) is 36.3 Å². The Morgan fingerprint density at radius 2 is 1.78 bits per heavy atom. The molecule has 2 aromatic rings. The van der Waals surface area contributed by atoms with Gasteiger partial charge in [0.1, 0.15) is 6.10 Å². The van der Waals surface area contributed by atoms with Crippen LogP contribution in [-0.4, -0.2) is 111 Å². The van der Waals surface area contributed by atoms with Crippen molar-refractivity contribution in [3.8, 4) is 11.6 Å². The summed E-state index contributed by atoms with van der Waals surface area (Å²) in [5, 5.41) is 0.157. The Balaban J connectivity index is 1.26. The lowest BCUT2D eigenvalue weighted by Crippen LogP contribution is -2.48. The highest BCUT2D eigenvalue weighted by Crippen LogP contribution is 2.57. The average Bonchev–Trinajstić information content (AvgIpc) is 4.17. The maximum atomic E-state index is 15.4. The third-order valence-corrected chi connectivity index (χ3v) is 15.5. The SMILES string of the molecule is CC[C@@H]1C[C@H](C)CC/C=C\[C@@H]2C[C@@]2(C(=O)NS(=O)(=O)C2CC2)CC(=O)[C@@H]2C[C@@H](Oc3ncc(N4CCOCC4)c4cc(OC)c(F)cc34)CN2C(=O)[C@H]1CC(=O)OC(C)(C)C(F)(F)F. The van der Waals surface area contributed by atoms with Crippen LogP contribution in [0.4, 0.5) is 23.2 Å². The van der Waals surface area contributed by atoms with E-state index in [1.165, 1.54) is 18.1 Å². The van der Waals surface area contributed by atoms with Gasteiger partial charge in [0.25, 0.3) is 0 Å². The highest BCUT2D eigenvalue weighted by molar-refractivity contribution is 7.90. The molecule has 0 spiro atoms. The molecule has 2 amide bonds. The third-order valence-electron chi connectivity index (χ3n) is 13.7. The van der Waals surface area contributed by atoms with Crippen molar-refractivity contribution in [2.45, 2.75) is 121 Å². The maximum absolute atomic E-state index is 15.4. The number of nitrogens with zero attached hydrogens (tertiary/aromatic N) is 3. The van der Waals surface area contributed by atoms with Crippen LogP contribution in [0.3, 0.4) is 0 Å². The number of sulfonamides is 1. The van der Waals surface area contributed by atoms with Crippen molar-refractivity contribution < 1.29 is 64.1 Å². The Morgan fingerprint density at radius 1 is 1.06 bits per heavy atom. The number of benzene rings is 1. The number of alkyl halides is 3. The Hall–Kier alpha value is -4.52. The minimum absolute atomic E-state index is 0.00416. The first-order valence-corrected chi connectivity index (χ1v) is 23.7. The molecular weight excluding hydrogens is 865 g/mol. The molecule has 2 saturated carbocycles. The van der Waals surface area contributed by atoms with Gasteiger partial charge in [-0.1, -0.05) is 32.4 Å². The largest absolute Gasteiger partial charge is 0.494 e. The Morgan fingerprint density at radius 3 is 2.44 bits per heavy atom. The second-order valence-electron chi connectivity index (χ2n) is 18.7. The summed E-state index contributed by atoms with van der Waals surface area (Å²) in [6.07, 6.45) is 1.28. The average molecular weight is 923 g/mol. The number of aromatic nitrogens is 1. The fourth-order valence-electron chi connectivity index (χ4n) is 9.47. The second kappa shape index (κ2) is 18.4. The number of fused-ring (bicyclic) bond motifs is 3. The van der Waals surface area contributed by atoms with Crippen LogP contribution in [0.15, 0.2) is 30.5 Å². The van der Waals surface area contributed by atoms with E-state index >= 15 is 9.18 Å². The van der Waals surface area contributed by atoms with Crippen LogP contribution in [0, 0.1) is 34.9 Å². The summed E-state index contributed by atoms with van der Waals surface area (Å²) in [5.74, 6) is -6.14. The van der Waals surface area contributed by atoms with E-state index in [4.69, 9.17) is 18.9 Å². The number of carbonyl (C=O) groups is 4. The first-order valence-electron chi connectivity index (χ1n) is 22.2. The number of carbonyl (C=O) groups excluding carboxylic acids is 4. The number of ketones is 1. The molecule has 1 N–H and O–H groups in total. The van der Waals surface area contributed by atoms with Crippen molar-refractivity contribution in [1.82, 2.24) is 14.6 Å². The number of ether oxygens (including phenoxy) is 4. The van der Waals surface area contributed by atoms with Crippen molar-refractivity contribution in [2.24, 2.45) is 29.1 Å². The number of hydrogen-bond acceptors (Lipinski definition) is 12. The van der Waals surface area contributed by atoms with Crippen molar-refractivity contribution in [1.29, 1.82) is 0 Å². The molecule has 352 valence electrons. The molecule has 0 radical (unpaired) electrons. The number of pyridine rings is 1. The van der Waals surface area contributed by atoms with E-state index < -0.39 is 105 Å². The van der Waals surface area contributed by atoms with Gasteiger partial charge >= 0.3 is 12.1 Å². The van der Waals surface area contributed by atoms with E-state index in [0.29, 0.717) is 75.9 Å². The number of esters is 1. The molecule has 5 aliphatic rings. The third kappa shape index (κ3) is 9.99. The number of allylic oxidation sites excluding steroid dienone is 2. The minimum Gasteiger partial charge on any atom is -0.494 e. The van der Waals surface area contributed by atoms with Crippen LogP contribution in [0.25, 0.3) is 10.8 Å². The standard InChI is InChI=1S/C45H58F4N4O10S/c1-6-27-17-26(2)9-7-8-10-28-22-44(28,42(57)51-64(58,59)30-11-12-30)23-37(54)35-18-29(25-53(35)41(56)31(27)21-39(55)63-43(3,4)45(47,48)49)62-40-33-19-34(46)38(60-5)20-32(33)36(24-50-40)52-13-15-61-16-14-52/h8,10,19-20,24,26-31,35H,6-7,9,11-18,21-23,25H2,1-5H3,(H,51,57)/b10-8-/t26-,27-,28-,29-,31+,35+,44-/m1/s1. The van der Waals surface area contributed by atoms with Crippen LogP contribution in [0.2, 0.25) is 0 Å². The van der Waals surface area contributed by atoms with Gasteiger partial charge in [0.15, 0.2) is 17.3 Å². The summed E-state index contributed by atoms with van der Waals surface area (Å²) in [7, 11) is -2.63. The zero-order valence-corrected chi connectivity index (χ0v) is 37.7. The van der Waals surface area contributed by atoms with E-state index in [9.17, 15) is 36.0 Å². The van der Waals surface area contributed by atoms with Gasteiger partial charge in [-0.2, -0.15) is 13.2 Å². The summed E-state index contributed by atoms with van der Waals surface area (Å²) in [4.78, 5) is 65.3. The van der Waals surface area contributed by atoms with Crippen molar-refractivity contribution >= 4 is 50.1 Å². The van der Waals surface area contributed by atoms with Gasteiger partial charge in [-0.3, -0.25) is 23.9 Å². The number of methoxy groups -OCH3 is 1. The molecule has 1 aromatic heterocycles. The first-order chi connectivity index (χ1) is 30.2. The highest BCUT2D eigenvalue weighted by atomic mass is 32.2. The zero-order valence-electron chi connectivity index (χ0n) is 36.9. The van der Waals surface area contributed by atoms with Gasteiger partial charge in [-0.15, -0.1) is 0 Å².